The van der Waals surface area contributed by atoms with Crippen LogP contribution >= 0.6 is 11.6 Å². The Hall–Kier alpha value is -0.770. The quantitative estimate of drug-likeness (QED) is 0.919. The van der Waals surface area contributed by atoms with Crippen molar-refractivity contribution in [3.63, 3.8) is 0 Å². The second-order valence-corrected chi connectivity index (χ2v) is 6.13. The lowest BCUT2D eigenvalue weighted by Gasteiger charge is -2.23. The first-order valence-corrected chi connectivity index (χ1v) is 7.30. The van der Waals surface area contributed by atoms with E-state index in [0.29, 0.717) is 18.5 Å². The van der Waals surface area contributed by atoms with Gasteiger partial charge in [0.25, 0.3) is 0 Å². The highest BCUT2D eigenvalue weighted by atomic mass is 35.5. The van der Waals surface area contributed by atoms with Gasteiger partial charge in [0.2, 0.25) is 0 Å². The average Bonchev–Trinajstić information content (AvgIpc) is 2.74. The summed E-state index contributed by atoms with van der Waals surface area (Å²) in [6.07, 6.45) is 0.843. The number of anilines is 1. The third-order valence-corrected chi connectivity index (χ3v) is 4.40. The molecule has 106 valence electrons. The Balaban J connectivity index is 2.13. The highest BCUT2D eigenvalue weighted by molar-refractivity contribution is 6.31. The monoisotopic (exact) mass is 281 g/mol. The van der Waals surface area contributed by atoms with E-state index in [1.165, 1.54) is 5.69 Å². The van der Waals surface area contributed by atoms with E-state index in [1.807, 2.05) is 0 Å². The van der Waals surface area contributed by atoms with Gasteiger partial charge in [0.15, 0.2) is 0 Å². The van der Waals surface area contributed by atoms with Gasteiger partial charge in [-0.1, -0.05) is 24.6 Å². The first kappa shape index (κ1) is 14.6. The molecule has 2 N–H and O–H groups in total. The van der Waals surface area contributed by atoms with E-state index in [2.05, 4.69) is 49.0 Å². The number of nitrogens with zero attached hydrogens (tertiary/aromatic N) is 2. The largest absolute Gasteiger partial charge is 0.370 e. The van der Waals surface area contributed by atoms with Gasteiger partial charge in [-0.05, 0) is 50.7 Å². The van der Waals surface area contributed by atoms with E-state index in [4.69, 9.17) is 17.3 Å². The van der Waals surface area contributed by atoms with Gasteiger partial charge >= 0.3 is 0 Å². The van der Waals surface area contributed by atoms with E-state index in [-0.39, 0.29) is 0 Å². The maximum Gasteiger partial charge on any atom is 0.0459 e. The molecule has 0 aromatic heterocycles. The molecule has 19 heavy (non-hydrogen) atoms. The van der Waals surface area contributed by atoms with E-state index in [9.17, 15) is 0 Å². The Morgan fingerprint density at radius 3 is 2.63 bits per heavy atom. The summed E-state index contributed by atoms with van der Waals surface area (Å²) in [6, 6.07) is 6.97. The van der Waals surface area contributed by atoms with E-state index < -0.39 is 0 Å². The molecule has 2 rings (SSSR count). The fourth-order valence-electron chi connectivity index (χ4n) is 2.92. The predicted molar refractivity (Wildman–Crippen MR) is 83.1 cm³/mol. The van der Waals surface area contributed by atoms with Gasteiger partial charge in [-0.2, -0.15) is 0 Å². The van der Waals surface area contributed by atoms with Gasteiger partial charge in [0, 0.05) is 29.8 Å². The maximum absolute atomic E-state index is 6.33. The van der Waals surface area contributed by atoms with E-state index in [0.717, 1.165) is 30.1 Å². The van der Waals surface area contributed by atoms with Crippen LogP contribution in [0.25, 0.3) is 0 Å². The van der Waals surface area contributed by atoms with Crippen molar-refractivity contribution in [2.24, 2.45) is 11.7 Å². The van der Waals surface area contributed by atoms with Crippen molar-refractivity contribution in [1.29, 1.82) is 0 Å². The van der Waals surface area contributed by atoms with Crippen LogP contribution in [0.15, 0.2) is 18.2 Å². The fraction of sp³-hybridized carbons (Fsp3) is 0.600. The molecular weight excluding hydrogens is 258 g/mol. The topological polar surface area (TPSA) is 32.5 Å². The van der Waals surface area contributed by atoms with Gasteiger partial charge in [-0.25, -0.2) is 0 Å². The molecule has 0 radical (unpaired) electrons. The summed E-state index contributed by atoms with van der Waals surface area (Å²) < 4.78 is 0. The minimum absolute atomic E-state index is 0.613. The van der Waals surface area contributed by atoms with Crippen LogP contribution in [0.4, 0.5) is 5.69 Å². The van der Waals surface area contributed by atoms with Crippen molar-refractivity contribution in [3.05, 3.63) is 28.8 Å². The first-order chi connectivity index (χ1) is 9.02. The number of likely N-dealkylation sites (N-methyl/N-ethyl adjacent to an activating group) is 1. The molecule has 2 unspecified atom stereocenters. The molecule has 1 aliphatic rings. The van der Waals surface area contributed by atoms with Crippen molar-refractivity contribution in [2.45, 2.75) is 19.4 Å². The Kier molecular flexibility index (Phi) is 4.71. The van der Waals surface area contributed by atoms with Crippen LogP contribution in [0.1, 0.15) is 12.5 Å². The third kappa shape index (κ3) is 3.22. The lowest BCUT2D eigenvalue weighted by atomic mass is 10.1. The summed E-state index contributed by atoms with van der Waals surface area (Å²) in [5.41, 5.74) is 7.95. The second kappa shape index (κ2) is 6.12. The number of rotatable bonds is 4. The van der Waals surface area contributed by atoms with Crippen molar-refractivity contribution >= 4 is 17.3 Å². The molecule has 1 aromatic rings. The normalized spacial score (nSPS) is 23.4. The first-order valence-electron chi connectivity index (χ1n) is 6.92. The van der Waals surface area contributed by atoms with Crippen molar-refractivity contribution < 1.29 is 0 Å². The number of benzene rings is 1. The molecule has 1 fully saturated rings. The summed E-state index contributed by atoms with van der Waals surface area (Å²) in [7, 11) is 4.31. The third-order valence-electron chi connectivity index (χ3n) is 4.05. The van der Waals surface area contributed by atoms with Gasteiger partial charge < -0.3 is 15.5 Å². The molecule has 0 bridgehead atoms. The Morgan fingerprint density at radius 2 is 2.11 bits per heavy atom. The zero-order valence-electron chi connectivity index (χ0n) is 12.1. The summed E-state index contributed by atoms with van der Waals surface area (Å²) >= 11 is 6.33. The van der Waals surface area contributed by atoms with E-state index in [1.54, 1.807) is 0 Å². The number of hydrogen-bond donors (Lipinski definition) is 1. The molecule has 0 aliphatic carbocycles. The van der Waals surface area contributed by atoms with Crippen LogP contribution in [-0.2, 0) is 6.42 Å². The number of hydrogen-bond acceptors (Lipinski definition) is 3. The molecule has 4 heteroatoms. The Bertz CT molecular complexity index is 433. The molecule has 1 heterocycles. The lowest BCUT2D eigenvalue weighted by molar-refractivity contribution is 0.266. The highest BCUT2D eigenvalue weighted by Gasteiger charge is 2.31. The summed E-state index contributed by atoms with van der Waals surface area (Å²) in [5, 5.41) is 0.837. The molecule has 1 aliphatic heterocycles. The van der Waals surface area contributed by atoms with Crippen LogP contribution in [-0.4, -0.2) is 44.7 Å². The van der Waals surface area contributed by atoms with Gasteiger partial charge in [0.05, 0.1) is 0 Å². The van der Waals surface area contributed by atoms with Gasteiger partial charge in [-0.3, -0.25) is 0 Å². The fourth-order valence-corrected chi connectivity index (χ4v) is 3.19. The highest BCUT2D eigenvalue weighted by Crippen LogP contribution is 2.29. The molecule has 3 nitrogen and oxygen atoms in total. The summed E-state index contributed by atoms with van der Waals surface area (Å²) in [6.45, 7) is 5.12. The van der Waals surface area contributed by atoms with Crippen LogP contribution in [0.5, 0.6) is 0 Å². The molecule has 1 aromatic carbocycles. The van der Waals surface area contributed by atoms with E-state index >= 15 is 0 Å². The maximum atomic E-state index is 6.33. The molecule has 0 saturated carbocycles. The molecule has 2 atom stereocenters. The minimum atomic E-state index is 0.613. The van der Waals surface area contributed by atoms with Crippen LogP contribution < -0.4 is 10.6 Å². The second-order valence-electron chi connectivity index (χ2n) is 5.73. The van der Waals surface area contributed by atoms with Crippen molar-refractivity contribution in [2.75, 3.05) is 38.6 Å². The molecular formula is C15H24ClN3. The summed E-state index contributed by atoms with van der Waals surface area (Å²) in [4.78, 5) is 4.74. The standard InChI is InChI=1S/C15H24ClN3/c1-11-9-19(10-15(11)18(2)3)13-5-4-12(6-7-17)14(16)8-13/h4-5,8,11,15H,6-7,9-10,17H2,1-3H3. The zero-order chi connectivity index (χ0) is 14.0. The summed E-state index contributed by atoms with van der Waals surface area (Å²) in [5.74, 6) is 0.678. The van der Waals surface area contributed by atoms with Crippen LogP contribution in [0, 0.1) is 5.92 Å². The van der Waals surface area contributed by atoms with Crippen molar-refractivity contribution in [3.8, 4) is 0 Å². The zero-order valence-corrected chi connectivity index (χ0v) is 12.8. The average molecular weight is 282 g/mol. The van der Waals surface area contributed by atoms with Crippen LogP contribution in [0.3, 0.4) is 0 Å². The van der Waals surface area contributed by atoms with Gasteiger partial charge in [-0.15, -0.1) is 0 Å². The Morgan fingerprint density at radius 1 is 1.37 bits per heavy atom. The molecule has 1 saturated heterocycles. The number of halogens is 1. The minimum Gasteiger partial charge on any atom is -0.370 e. The lowest BCUT2D eigenvalue weighted by Crippen LogP contribution is -2.34. The van der Waals surface area contributed by atoms with Crippen molar-refractivity contribution in [1.82, 2.24) is 4.90 Å². The van der Waals surface area contributed by atoms with Gasteiger partial charge in [0.1, 0.15) is 0 Å². The van der Waals surface area contributed by atoms with Crippen LogP contribution in [0.2, 0.25) is 5.02 Å². The molecule has 0 spiro atoms. The smallest absolute Gasteiger partial charge is 0.0459 e. The SMILES string of the molecule is CC1CN(c2ccc(CCN)c(Cl)c2)CC1N(C)C. The number of nitrogens with two attached hydrogens (primary N) is 1. The predicted octanol–water partition coefficient (Wildman–Crippen LogP) is 2.23. The molecule has 0 amide bonds. The Labute approximate surface area is 121 Å².